The van der Waals surface area contributed by atoms with E-state index < -0.39 is 38.8 Å². The number of carbonyl (C=O) groups is 3. The molecule has 0 amide bonds. The van der Waals surface area contributed by atoms with Crippen LogP contribution >= 0.6 is 0 Å². The lowest BCUT2D eigenvalue weighted by Gasteiger charge is -2.33. The monoisotopic (exact) mass is 360 g/mol. The fourth-order valence-corrected chi connectivity index (χ4v) is 5.37. The fourth-order valence-electron chi connectivity index (χ4n) is 2.56. The highest BCUT2D eigenvalue weighted by Gasteiger charge is 2.37. The third-order valence-electron chi connectivity index (χ3n) is 4.31. The molecule has 0 heterocycles. The van der Waals surface area contributed by atoms with Gasteiger partial charge in [0.1, 0.15) is 0 Å². The Labute approximate surface area is 144 Å². The van der Waals surface area contributed by atoms with E-state index in [4.69, 9.17) is 9.16 Å². The van der Waals surface area contributed by atoms with Crippen molar-refractivity contribution in [2.75, 3.05) is 14.2 Å². The van der Waals surface area contributed by atoms with Gasteiger partial charge in [-0.2, -0.15) is 0 Å². The zero-order chi connectivity index (χ0) is 18.9. The van der Waals surface area contributed by atoms with Gasteiger partial charge >= 0.3 is 17.9 Å². The van der Waals surface area contributed by atoms with Crippen molar-refractivity contribution in [1.29, 1.82) is 0 Å². The van der Waals surface area contributed by atoms with Crippen LogP contribution in [-0.2, 0) is 28.3 Å². The molecule has 0 unspecified atom stereocenters. The second-order valence-corrected chi connectivity index (χ2v) is 10.2. The van der Waals surface area contributed by atoms with Crippen molar-refractivity contribution in [1.82, 2.24) is 0 Å². The van der Waals surface area contributed by atoms with Gasteiger partial charge in [-0.3, -0.25) is 4.79 Å². The van der Waals surface area contributed by atoms with E-state index in [9.17, 15) is 19.5 Å². The maximum Gasteiger partial charge on any atom is 0.336 e. The second kappa shape index (κ2) is 10.2. The molecule has 0 aliphatic rings. The van der Waals surface area contributed by atoms with Crippen molar-refractivity contribution >= 4 is 26.2 Å². The molecule has 0 saturated heterocycles. The maximum absolute atomic E-state index is 12.2. The maximum atomic E-state index is 12.2. The lowest BCUT2D eigenvalue weighted by atomic mass is 10.0. The molecule has 24 heavy (non-hydrogen) atoms. The van der Waals surface area contributed by atoms with Gasteiger partial charge in [0.05, 0.1) is 32.3 Å². The van der Waals surface area contributed by atoms with Crippen LogP contribution in [0.15, 0.2) is 11.1 Å². The fraction of sp³-hybridized carbons (Fsp3) is 0.688. The molecular weight excluding hydrogens is 332 g/mol. The quantitative estimate of drug-likeness (QED) is 0.363. The Balaban J connectivity index is 6.09. The summed E-state index contributed by atoms with van der Waals surface area (Å²) >= 11 is 0. The highest BCUT2D eigenvalue weighted by molar-refractivity contribution is 6.73. The van der Waals surface area contributed by atoms with Gasteiger partial charge in [-0.25, -0.2) is 9.59 Å². The average molecular weight is 360 g/mol. The Morgan fingerprint density at radius 2 is 1.42 bits per heavy atom. The Morgan fingerprint density at radius 3 is 1.75 bits per heavy atom. The molecule has 0 radical (unpaired) electrons. The largest absolute Gasteiger partial charge is 0.481 e. The van der Waals surface area contributed by atoms with Gasteiger partial charge in [0, 0.05) is 5.57 Å². The van der Waals surface area contributed by atoms with Crippen LogP contribution in [0.4, 0.5) is 0 Å². The minimum atomic E-state index is -2.22. The van der Waals surface area contributed by atoms with E-state index in [0.717, 1.165) is 18.1 Å². The summed E-state index contributed by atoms with van der Waals surface area (Å²) in [7, 11) is 0.150. The highest BCUT2D eigenvalue weighted by Crippen LogP contribution is 2.29. The number of carboxylic acids is 1. The lowest BCUT2D eigenvalue weighted by molar-refractivity contribution is -0.142. The number of carbonyl (C=O) groups excluding carboxylic acids is 2. The molecule has 1 N–H and O–H groups in total. The molecule has 0 fully saturated rings. The smallest absolute Gasteiger partial charge is 0.336 e. The summed E-state index contributed by atoms with van der Waals surface area (Å²) in [5, 5.41) is 9.22. The molecule has 7 nitrogen and oxygen atoms in total. The number of ether oxygens (including phenoxy) is 2. The number of hydrogen-bond acceptors (Lipinski definition) is 6. The molecule has 0 aromatic rings. The summed E-state index contributed by atoms with van der Waals surface area (Å²) in [6.07, 6.45) is -1.46. The van der Waals surface area contributed by atoms with E-state index >= 15 is 0 Å². The first-order valence-electron chi connectivity index (χ1n) is 7.98. The van der Waals surface area contributed by atoms with Gasteiger partial charge in [0.25, 0.3) is 0 Å². The number of esters is 2. The molecule has 0 rings (SSSR count). The second-order valence-electron chi connectivity index (χ2n) is 5.47. The molecule has 138 valence electrons. The van der Waals surface area contributed by atoms with Crippen molar-refractivity contribution in [3.05, 3.63) is 11.1 Å². The average Bonchev–Trinajstić information content (AvgIpc) is 2.58. The van der Waals surface area contributed by atoms with E-state index in [0.29, 0.717) is 0 Å². The van der Waals surface area contributed by atoms with Crippen LogP contribution in [0.3, 0.4) is 0 Å². The zero-order valence-electron chi connectivity index (χ0n) is 15.3. The number of carboxylic acid groups (broad SMARTS) is 1. The predicted molar refractivity (Wildman–Crippen MR) is 91.1 cm³/mol. The van der Waals surface area contributed by atoms with E-state index in [1.807, 2.05) is 20.8 Å². The number of rotatable bonds is 10. The van der Waals surface area contributed by atoms with Crippen LogP contribution in [0.2, 0.25) is 18.1 Å². The summed E-state index contributed by atoms with van der Waals surface area (Å²) in [5.74, 6) is -2.62. The Kier molecular flexibility index (Phi) is 9.53. The molecule has 0 aromatic heterocycles. The molecule has 0 bridgehead atoms. The summed E-state index contributed by atoms with van der Waals surface area (Å²) in [5.41, 5.74) is -0.0826. The molecule has 0 aliphatic heterocycles. The van der Waals surface area contributed by atoms with Gasteiger partial charge < -0.3 is 19.0 Å². The predicted octanol–water partition coefficient (Wildman–Crippen LogP) is 2.51. The summed E-state index contributed by atoms with van der Waals surface area (Å²) in [4.78, 5) is 35.3. The van der Waals surface area contributed by atoms with Gasteiger partial charge in [-0.1, -0.05) is 20.8 Å². The first-order valence-corrected chi connectivity index (χ1v) is 10.5. The number of aliphatic carboxylic acids is 1. The van der Waals surface area contributed by atoms with Crippen molar-refractivity contribution < 1.29 is 33.4 Å². The van der Waals surface area contributed by atoms with Crippen molar-refractivity contribution in [3.8, 4) is 0 Å². The first kappa shape index (κ1) is 22.3. The Hall–Kier alpha value is -1.67. The zero-order valence-corrected chi connectivity index (χ0v) is 16.3. The third-order valence-corrected chi connectivity index (χ3v) is 8.96. The number of hydrogen-bond donors (Lipinski definition) is 1. The summed E-state index contributed by atoms with van der Waals surface area (Å²) in [6, 6.07) is 2.34. The van der Waals surface area contributed by atoms with E-state index in [2.05, 4.69) is 4.74 Å². The standard InChI is InChI=1S/C16H28O7Si/c1-7-24(8-2,9-3)23-12(10-13(17)18)14(16(20)22-6)11(4)15(19)21-5/h12H,7-10H2,1-6H3,(H,17,18)/b14-11-/t12-/m1/s1. The van der Waals surface area contributed by atoms with Gasteiger partial charge in [0.15, 0.2) is 8.32 Å². The van der Waals surface area contributed by atoms with Crippen molar-refractivity contribution in [2.24, 2.45) is 0 Å². The Bertz CT molecular complexity index is 486. The molecule has 1 atom stereocenters. The molecule has 0 spiro atoms. The summed E-state index contributed by atoms with van der Waals surface area (Å²) < 4.78 is 15.6. The number of methoxy groups -OCH3 is 2. The van der Waals surface area contributed by atoms with Crippen LogP contribution in [0.5, 0.6) is 0 Å². The molecule has 8 heteroatoms. The van der Waals surface area contributed by atoms with Crippen LogP contribution in [-0.4, -0.2) is 51.7 Å². The SMILES string of the molecule is CC[Si](CC)(CC)O[C@H](CC(=O)O)/C(C(=O)OC)=C(\C)C(=O)OC. The first-order chi connectivity index (χ1) is 11.2. The topological polar surface area (TPSA) is 99.1 Å². The highest BCUT2D eigenvalue weighted by atomic mass is 28.4. The van der Waals surface area contributed by atoms with Gasteiger partial charge in [0.2, 0.25) is 0 Å². The molecular formula is C16H28O7Si. The molecule has 0 saturated carbocycles. The lowest BCUT2D eigenvalue weighted by Crippen LogP contribution is -2.43. The van der Waals surface area contributed by atoms with Crippen molar-refractivity contribution in [3.63, 3.8) is 0 Å². The van der Waals surface area contributed by atoms with Gasteiger partial charge in [-0.15, -0.1) is 0 Å². The van der Waals surface area contributed by atoms with E-state index in [1.165, 1.54) is 21.1 Å². The Morgan fingerprint density at radius 1 is 0.958 bits per heavy atom. The third kappa shape index (κ3) is 5.75. The van der Waals surface area contributed by atoms with Crippen LogP contribution in [0.1, 0.15) is 34.1 Å². The normalized spacial score (nSPS) is 13.8. The summed E-state index contributed by atoms with van der Waals surface area (Å²) in [6.45, 7) is 7.38. The van der Waals surface area contributed by atoms with E-state index in [-0.39, 0.29) is 11.1 Å². The molecule has 0 aliphatic carbocycles. The van der Waals surface area contributed by atoms with Crippen LogP contribution in [0, 0.1) is 0 Å². The van der Waals surface area contributed by atoms with Gasteiger partial charge in [-0.05, 0) is 25.1 Å². The molecule has 0 aromatic carbocycles. The minimum absolute atomic E-state index is 0.00168. The van der Waals surface area contributed by atoms with E-state index in [1.54, 1.807) is 0 Å². The van der Waals surface area contributed by atoms with Crippen LogP contribution in [0.25, 0.3) is 0 Å². The van der Waals surface area contributed by atoms with Crippen molar-refractivity contribution in [2.45, 2.75) is 58.4 Å². The minimum Gasteiger partial charge on any atom is -0.481 e. The van der Waals surface area contributed by atoms with Crippen LogP contribution < -0.4 is 0 Å².